The van der Waals surface area contributed by atoms with E-state index in [1.54, 1.807) is 0 Å². The lowest BCUT2D eigenvalue weighted by atomic mass is 9.99. The molecule has 0 saturated carbocycles. The third-order valence-corrected chi connectivity index (χ3v) is 5.25. The molecule has 0 aromatic heterocycles. The second-order valence-electron chi connectivity index (χ2n) is 4.58. The summed E-state index contributed by atoms with van der Waals surface area (Å²) in [6.07, 6.45) is 0.401. The van der Waals surface area contributed by atoms with Gasteiger partial charge in [-0.3, -0.25) is 0 Å². The van der Waals surface area contributed by atoms with E-state index < -0.39 is 21.2 Å². The van der Waals surface area contributed by atoms with Crippen molar-refractivity contribution < 1.29 is 12.8 Å². The number of nitrogens with one attached hydrogen (secondary N) is 1. The van der Waals surface area contributed by atoms with Gasteiger partial charge in [-0.25, -0.2) is 12.8 Å². The first-order chi connectivity index (χ1) is 8.36. The van der Waals surface area contributed by atoms with Crippen LogP contribution >= 0.6 is 11.6 Å². The third-order valence-electron chi connectivity index (χ3n) is 3.11. The molecule has 2 rings (SSSR count). The zero-order chi connectivity index (χ0) is 13.4. The number of hydrogen-bond donors (Lipinski definition) is 2. The Bertz CT molecular complexity index is 564. The van der Waals surface area contributed by atoms with E-state index in [-0.39, 0.29) is 18.1 Å². The fourth-order valence-corrected chi connectivity index (χ4v) is 4.29. The normalized spacial score (nSPS) is 26.2. The van der Waals surface area contributed by atoms with Gasteiger partial charge in [0.15, 0.2) is 9.84 Å². The van der Waals surface area contributed by atoms with Gasteiger partial charge in [0.2, 0.25) is 0 Å². The molecule has 7 heteroatoms. The largest absolute Gasteiger partial charge is 0.376 e. The fourth-order valence-electron chi connectivity index (χ4n) is 2.11. The van der Waals surface area contributed by atoms with Crippen LogP contribution in [0.4, 0.5) is 10.1 Å². The summed E-state index contributed by atoms with van der Waals surface area (Å²) in [5.74, 6) is -0.400. The number of benzene rings is 1. The van der Waals surface area contributed by atoms with Crippen LogP contribution in [-0.4, -0.2) is 32.0 Å². The van der Waals surface area contributed by atoms with Gasteiger partial charge in [0.1, 0.15) is 5.82 Å². The van der Waals surface area contributed by atoms with Crippen molar-refractivity contribution in [3.63, 3.8) is 0 Å². The lowest BCUT2D eigenvalue weighted by Crippen LogP contribution is -2.46. The molecule has 1 heterocycles. The Morgan fingerprint density at radius 3 is 2.78 bits per heavy atom. The third kappa shape index (κ3) is 2.76. The topological polar surface area (TPSA) is 72.2 Å². The molecule has 1 unspecified atom stereocenters. The minimum absolute atomic E-state index is 0.0522. The van der Waals surface area contributed by atoms with E-state index >= 15 is 0 Å². The van der Waals surface area contributed by atoms with Crippen LogP contribution in [0, 0.1) is 5.82 Å². The number of anilines is 1. The molecule has 1 aliphatic rings. The van der Waals surface area contributed by atoms with Gasteiger partial charge in [0.05, 0.1) is 27.8 Å². The van der Waals surface area contributed by atoms with Crippen molar-refractivity contribution in [3.8, 4) is 0 Å². The van der Waals surface area contributed by atoms with E-state index in [0.29, 0.717) is 17.1 Å². The molecule has 1 aliphatic heterocycles. The Balaban J connectivity index is 2.29. The predicted molar refractivity (Wildman–Crippen MR) is 70.1 cm³/mol. The highest BCUT2D eigenvalue weighted by Gasteiger charge is 2.41. The number of hydrogen-bond acceptors (Lipinski definition) is 4. The summed E-state index contributed by atoms with van der Waals surface area (Å²) in [5.41, 5.74) is 5.28. The zero-order valence-corrected chi connectivity index (χ0v) is 11.2. The van der Waals surface area contributed by atoms with E-state index in [1.807, 2.05) is 0 Å². The summed E-state index contributed by atoms with van der Waals surface area (Å²) in [5, 5.41) is 3.33. The van der Waals surface area contributed by atoms with Crippen LogP contribution in [0.25, 0.3) is 0 Å². The standard InChI is InChI=1S/C11H14ClFN2O2S/c12-9-2-1-8(13)5-10(9)15-11(6-14)3-4-18(16,17)7-11/h1-2,5,15H,3-4,6-7,14H2. The van der Waals surface area contributed by atoms with Crippen molar-refractivity contribution in [1.82, 2.24) is 0 Å². The Hall–Kier alpha value is -0.850. The van der Waals surface area contributed by atoms with Crippen LogP contribution < -0.4 is 11.1 Å². The highest BCUT2D eigenvalue weighted by molar-refractivity contribution is 7.91. The molecule has 0 radical (unpaired) electrons. The van der Waals surface area contributed by atoms with Crippen molar-refractivity contribution in [2.45, 2.75) is 12.0 Å². The highest BCUT2D eigenvalue weighted by atomic mass is 35.5. The first-order valence-electron chi connectivity index (χ1n) is 5.50. The summed E-state index contributed by atoms with van der Waals surface area (Å²) in [4.78, 5) is 0. The number of sulfone groups is 1. The average molecular weight is 293 g/mol. The molecule has 1 fully saturated rings. The second kappa shape index (κ2) is 4.68. The molecule has 1 saturated heterocycles. The zero-order valence-electron chi connectivity index (χ0n) is 9.62. The van der Waals surface area contributed by atoms with Gasteiger partial charge in [-0.15, -0.1) is 0 Å². The molecule has 4 nitrogen and oxygen atoms in total. The predicted octanol–water partition coefficient (Wildman–Crippen LogP) is 1.41. The fraction of sp³-hybridized carbons (Fsp3) is 0.455. The maximum Gasteiger partial charge on any atom is 0.152 e. The van der Waals surface area contributed by atoms with Gasteiger partial charge < -0.3 is 11.1 Å². The molecule has 1 aromatic carbocycles. The van der Waals surface area contributed by atoms with Gasteiger partial charge in [-0.1, -0.05) is 11.6 Å². The molecule has 3 N–H and O–H groups in total. The number of rotatable bonds is 3. The van der Waals surface area contributed by atoms with Crippen LogP contribution in [0.3, 0.4) is 0 Å². The minimum Gasteiger partial charge on any atom is -0.376 e. The molecule has 100 valence electrons. The summed E-state index contributed by atoms with van der Waals surface area (Å²) in [6, 6.07) is 3.91. The van der Waals surface area contributed by atoms with Crippen LogP contribution in [-0.2, 0) is 9.84 Å². The molecule has 0 spiro atoms. The number of nitrogens with two attached hydrogens (primary N) is 1. The summed E-state index contributed by atoms with van der Waals surface area (Å²) in [7, 11) is -3.09. The molecular weight excluding hydrogens is 279 g/mol. The van der Waals surface area contributed by atoms with Crippen molar-refractivity contribution in [1.29, 1.82) is 0 Å². The van der Waals surface area contributed by atoms with Crippen LogP contribution in [0.5, 0.6) is 0 Å². The molecule has 18 heavy (non-hydrogen) atoms. The van der Waals surface area contributed by atoms with Gasteiger partial charge in [0, 0.05) is 6.54 Å². The van der Waals surface area contributed by atoms with Crippen LogP contribution in [0.15, 0.2) is 18.2 Å². The van der Waals surface area contributed by atoms with E-state index in [0.717, 1.165) is 0 Å². The van der Waals surface area contributed by atoms with E-state index in [1.165, 1.54) is 18.2 Å². The van der Waals surface area contributed by atoms with Crippen LogP contribution in [0.1, 0.15) is 6.42 Å². The SMILES string of the molecule is NCC1(Nc2cc(F)ccc2Cl)CCS(=O)(=O)C1. The Morgan fingerprint density at radius 1 is 1.50 bits per heavy atom. The quantitative estimate of drug-likeness (QED) is 0.883. The van der Waals surface area contributed by atoms with E-state index in [4.69, 9.17) is 17.3 Å². The molecular formula is C11H14ClFN2O2S. The Kier molecular flexibility index (Phi) is 3.53. The van der Waals surface area contributed by atoms with E-state index in [9.17, 15) is 12.8 Å². The van der Waals surface area contributed by atoms with Gasteiger partial charge >= 0.3 is 0 Å². The minimum atomic E-state index is -3.09. The van der Waals surface area contributed by atoms with Crippen molar-refractivity contribution in [2.75, 3.05) is 23.4 Å². The molecule has 0 aliphatic carbocycles. The van der Waals surface area contributed by atoms with Crippen LogP contribution in [0.2, 0.25) is 5.02 Å². The lowest BCUT2D eigenvalue weighted by molar-refractivity contribution is 0.533. The number of halogens is 2. The molecule has 0 bridgehead atoms. The second-order valence-corrected chi connectivity index (χ2v) is 7.17. The van der Waals surface area contributed by atoms with Gasteiger partial charge in [-0.2, -0.15) is 0 Å². The lowest BCUT2D eigenvalue weighted by Gasteiger charge is -2.29. The van der Waals surface area contributed by atoms with Crippen molar-refractivity contribution >= 4 is 27.1 Å². The van der Waals surface area contributed by atoms with Crippen molar-refractivity contribution in [2.24, 2.45) is 5.73 Å². The Morgan fingerprint density at radius 2 is 2.22 bits per heavy atom. The summed E-state index contributed by atoms with van der Waals surface area (Å²) >= 11 is 5.95. The van der Waals surface area contributed by atoms with Gasteiger partial charge in [0.25, 0.3) is 0 Å². The molecule has 1 atom stereocenters. The Labute approximate surface area is 110 Å². The van der Waals surface area contributed by atoms with E-state index in [2.05, 4.69) is 5.32 Å². The maximum absolute atomic E-state index is 13.2. The molecule has 1 aromatic rings. The smallest absolute Gasteiger partial charge is 0.152 e. The summed E-state index contributed by atoms with van der Waals surface area (Å²) in [6.45, 7) is 0.152. The monoisotopic (exact) mass is 292 g/mol. The van der Waals surface area contributed by atoms with Crippen molar-refractivity contribution in [3.05, 3.63) is 29.0 Å². The first-order valence-corrected chi connectivity index (χ1v) is 7.69. The highest BCUT2D eigenvalue weighted by Crippen LogP contribution is 2.31. The molecule has 0 amide bonds. The maximum atomic E-state index is 13.2. The van der Waals surface area contributed by atoms with Gasteiger partial charge in [-0.05, 0) is 24.6 Å². The summed E-state index contributed by atoms with van der Waals surface area (Å²) < 4.78 is 36.2. The average Bonchev–Trinajstić information content (AvgIpc) is 2.60. The first kappa shape index (κ1) is 13.6.